The molecule has 0 aliphatic heterocycles. The fraction of sp³-hybridized carbons (Fsp3) is 0.364. The lowest BCUT2D eigenvalue weighted by Gasteiger charge is -2.16. The predicted octanol–water partition coefficient (Wildman–Crippen LogP) is 3.78. The van der Waals surface area contributed by atoms with Gasteiger partial charge < -0.3 is 15.4 Å². The molecule has 8 heteroatoms. The van der Waals surface area contributed by atoms with Gasteiger partial charge in [0, 0.05) is 12.2 Å². The van der Waals surface area contributed by atoms with Crippen LogP contribution >= 0.6 is 11.6 Å². The first-order chi connectivity index (χ1) is 14.3. The Bertz CT molecular complexity index is 1000. The number of aromatic nitrogens is 1. The molecule has 1 saturated carbocycles. The smallest absolute Gasteiger partial charge is 0.341 e. The maximum Gasteiger partial charge on any atom is 0.341 e. The summed E-state index contributed by atoms with van der Waals surface area (Å²) in [6.07, 6.45) is 2.75. The van der Waals surface area contributed by atoms with Gasteiger partial charge in [0.15, 0.2) is 0 Å². The van der Waals surface area contributed by atoms with Crippen LogP contribution in [0.4, 0.5) is 5.69 Å². The van der Waals surface area contributed by atoms with Gasteiger partial charge in [-0.05, 0) is 55.9 Å². The minimum absolute atomic E-state index is 0.0489. The number of anilines is 1. The summed E-state index contributed by atoms with van der Waals surface area (Å²) in [4.78, 5) is 42.3. The Morgan fingerprint density at radius 3 is 2.53 bits per heavy atom. The van der Waals surface area contributed by atoms with Crippen LogP contribution in [0.3, 0.4) is 0 Å². The molecule has 1 fully saturated rings. The van der Waals surface area contributed by atoms with E-state index < -0.39 is 17.8 Å². The number of benzene rings is 1. The molecule has 0 radical (unpaired) electrons. The van der Waals surface area contributed by atoms with Gasteiger partial charge in [0.05, 0.1) is 23.4 Å². The molecular formula is C22H24ClN3O4. The molecule has 1 aliphatic rings. The number of amides is 2. The minimum atomic E-state index is -0.657. The highest BCUT2D eigenvalue weighted by molar-refractivity contribution is 6.34. The van der Waals surface area contributed by atoms with E-state index in [0.717, 1.165) is 12.8 Å². The van der Waals surface area contributed by atoms with Crippen LogP contribution in [0.25, 0.3) is 0 Å². The van der Waals surface area contributed by atoms with Crippen molar-refractivity contribution in [3.8, 4) is 0 Å². The number of hydrogen-bond acceptors (Lipinski definition) is 5. The van der Waals surface area contributed by atoms with E-state index in [1.54, 1.807) is 31.2 Å². The van der Waals surface area contributed by atoms with E-state index in [0.29, 0.717) is 30.1 Å². The van der Waals surface area contributed by atoms with Gasteiger partial charge in [-0.1, -0.05) is 24.6 Å². The molecule has 0 bridgehead atoms. The highest BCUT2D eigenvalue weighted by Crippen LogP contribution is 2.30. The van der Waals surface area contributed by atoms with Crippen molar-refractivity contribution in [1.82, 2.24) is 10.3 Å². The van der Waals surface area contributed by atoms with Gasteiger partial charge in [0.1, 0.15) is 11.3 Å². The molecule has 0 atom stereocenters. The molecule has 1 aromatic heterocycles. The lowest BCUT2D eigenvalue weighted by atomic mass is 10.0. The molecule has 2 N–H and O–H groups in total. The number of pyridine rings is 1. The van der Waals surface area contributed by atoms with Crippen LogP contribution in [0.2, 0.25) is 5.02 Å². The number of esters is 1. The van der Waals surface area contributed by atoms with Gasteiger partial charge in [0.2, 0.25) is 0 Å². The van der Waals surface area contributed by atoms with E-state index in [1.807, 2.05) is 6.92 Å². The number of rotatable bonds is 7. The number of aryl methyl sites for hydroxylation is 2. The maximum absolute atomic E-state index is 13.1. The van der Waals surface area contributed by atoms with Crippen molar-refractivity contribution in [2.45, 2.75) is 33.1 Å². The molecule has 0 spiro atoms. The standard InChI is InChI=1S/C22H24ClN3O4/c1-4-14-8-10-16(23)17(22(29)30-3)18(14)26-20(27)15-9-5-12(2)25-19(15)21(28)24-11-13-6-7-13/h5,8-10,13H,4,6-7,11H2,1-3H3,(H,24,28)(H,26,27). The SMILES string of the molecule is CCc1ccc(Cl)c(C(=O)OC)c1NC(=O)c1ccc(C)nc1C(=O)NCC1CC1. The third-order valence-electron chi connectivity index (χ3n) is 4.99. The summed E-state index contributed by atoms with van der Waals surface area (Å²) in [6, 6.07) is 6.54. The Morgan fingerprint density at radius 1 is 1.17 bits per heavy atom. The number of hydrogen-bond donors (Lipinski definition) is 2. The second-order valence-corrected chi connectivity index (χ2v) is 7.67. The molecule has 158 valence electrons. The topological polar surface area (TPSA) is 97.4 Å². The molecule has 30 heavy (non-hydrogen) atoms. The zero-order valence-corrected chi connectivity index (χ0v) is 17.9. The molecule has 0 saturated heterocycles. The Kier molecular flexibility index (Phi) is 6.72. The summed E-state index contributed by atoms with van der Waals surface area (Å²) in [7, 11) is 1.25. The van der Waals surface area contributed by atoms with Gasteiger partial charge in [-0.2, -0.15) is 0 Å². The Hall–Kier alpha value is -2.93. The van der Waals surface area contributed by atoms with Crippen molar-refractivity contribution < 1.29 is 19.1 Å². The highest BCUT2D eigenvalue weighted by Gasteiger charge is 2.26. The van der Waals surface area contributed by atoms with Crippen LogP contribution in [0.15, 0.2) is 24.3 Å². The molecule has 1 aliphatic carbocycles. The Morgan fingerprint density at radius 2 is 1.90 bits per heavy atom. The monoisotopic (exact) mass is 429 g/mol. The van der Waals surface area contributed by atoms with Gasteiger partial charge in [-0.25, -0.2) is 9.78 Å². The molecule has 2 aromatic rings. The van der Waals surface area contributed by atoms with Crippen LogP contribution in [-0.2, 0) is 11.2 Å². The molecule has 0 unspecified atom stereocenters. The first-order valence-electron chi connectivity index (χ1n) is 9.82. The maximum atomic E-state index is 13.1. The van der Waals surface area contributed by atoms with Crippen LogP contribution in [0, 0.1) is 12.8 Å². The lowest BCUT2D eigenvalue weighted by molar-refractivity contribution is 0.0602. The number of methoxy groups -OCH3 is 1. The summed E-state index contributed by atoms with van der Waals surface area (Å²) in [5.41, 5.74) is 1.85. The van der Waals surface area contributed by atoms with Crippen LogP contribution in [0.5, 0.6) is 0 Å². The summed E-state index contributed by atoms with van der Waals surface area (Å²) in [6.45, 7) is 4.21. The third-order valence-corrected chi connectivity index (χ3v) is 5.31. The minimum Gasteiger partial charge on any atom is -0.465 e. The summed E-state index contributed by atoms with van der Waals surface area (Å²) >= 11 is 6.21. The summed E-state index contributed by atoms with van der Waals surface area (Å²) < 4.78 is 4.83. The van der Waals surface area contributed by atoms with Crippen molar-refractivity contribution in [2.75, 3.05) is 19.0 Å². The van der Waals surface area contributed by atoms with Crippen LogP contribution in [0.1, 0.15) is 62.2 Å². The van der Waals surface area contributed by atoms with Gasteiger partial charge in [0.25, 0.3) is 11.8 Å². The second-order valence-electron chi connectivity index (χ2n) is 7.26. The number of halogens is 1. The summed E-state index contributed by atoms with van der Waals surface area (Å²) in [5.74, 6) is -1.11. The van der Waals surface area contributed by atoms with Crippen molar-refractivity contribution in [3.63, 3.8) is 0 Å². The fourth-order valence-corrected chi connectivity index (χ4v) is 3.33. The molecule has 1 aromatic carbocycles. The Balaban J connectivity index is 1.95. The van der Waals surface area contributed by atoms with Gasteiger partial charge >= 0.3 is 5.97 Å². The van der Waals surface area contributed by atoms with Crippen molar-refractivity contribution in [3.05, 3.63) is 57.4 Å². The van der Waals surface area contributed by atoms with Gasteiger partial charge in [-0.3, -0.25) is 9.59 Å². The van der Waals surface area contributed by atoms with E-state index in [-0.39, 0.29) is 27.5 Å². The fourth-order valence-electron chi connectivity index (χ4n) is 3.10. The van der Waals surface area contributed by atoms with E-state index in [1.165, 1.54) is 7.11 Å². The van der Waals surface area contributed by atoms with Crippen molar-refractivity contribution in [2.24, 2.45) is 5.92 Å². The molecule has 2 amide bonds. The molecule has 7 nitrogen and oxygen atoms in total. The van der Waals surface area contributed by atoms with E-state index in [2.05, 4.69) is 15.6 Å². The van der Waals surface area contributed by atoms with Gasteiger partial charge in [-0.15, -0.1) is 0 Å². The first kappa shape index (κ1) is 21.8. The number of ether oxygens (including phenoxy) is 1. The number of nitrogens with one attached hydrogen (secondary N) is 2. The van der Waals surface area contributed by atoms with E-state index in [9.17, 15) is 14.4 Å². The Labute approximate surface area is 180 Å². The number of carbonyl (C=O) groups excluding carboxylic acids is 3. The second kappa shape index (κ2) is 9.26. The first-order valence-corrected chi connectivity index (χ1v) is 10.2. The average molecular weight is 430 g/mol. The average Bonchev–Trinajstić information content (AvgIpc) is 3.56. The molecular weight excluding hydrogens is 406 g/mol. The molecule has 1 heterocycles. The zero-order valence-electron chi connectivity index (χ0n) is 17.2. The highest BCUT2D eigenvalue weighted by atomic mass is 35.5. The lowest BCUT2D eigenvalue weighted by Crippen LogP contribution is -2.30. The number of carbonyl (C=O) groups is 3. The third kappa shape index (κ3) is 4.79. The van der Waals surface area contributed by atoms with Crippen LogP contribution in [-0.4, -0.2) is 36.4 Å². The van der Waals surface area contributed by atoms with E-state index >= 15 is 0 Å². The van der Waals surface area contributed by atoms with Crippen LogP contribution < -0.4 is 10.6 Å². The van der Waals surface area contributed by atoms with Crippen molar-refractivity contribution in [1.29, 1.82) is 0 Å². The summed E-state index contributed by atoms with van der Waals surface area (Å²) in [5, 5.41) is 5.76. The normalized spacial score (nSPS) is 12.9. The quantitative estimate of drug-likeness (QED) is 0.652. The number of nitrogens with zero attached hydrogens (tertiary/aromatic N) is 1. The largest absolute Gasteiger partial charge is 0.465 e. The van der Waals surface area contributed by atoms with Crippen molar-refractivity contribution >= 4 is 35.1 Å². The predicted molar refractivity (Wildman–Crippen MR) is 114 cm³/mol. The zero-order chi connectivity index (χ0) is 21.8. The molecule has 3 rings (SSSR count). The van der Waals surface area contributed by atoms with E-state index in [4.69, 9.17) is 16.3 Å².